The van der Waals surface area contributed by atoms with E-state index >= 15 is 0 Å². The molecule has 1 fully saturated rings. The Bertz CT molecular complexity index is 1770. The molecule has 0 aliphatic carbocycles. The maximum Gasteiger partial charge on any atom is 0.494 e. The average molecular weight is 548 g/mol. The van der Waals surface area contributed by atoms with E-state index in [1.165, 1.54) is 22.7 Å². The van der Waals surface area contributed by atoms with Crippen LogP contribution in [0.5, 0.6) is 0 Å². The van der Waals surface area contributed by atoms with Crippen LogP contribution in [0.1, 0.15) is 27.7 Å². The van der Waals surface area contributed by atoms with E-state index in [2.05, 4.69) is 4.98 Å². The minimum Gasteiger partial charge on any atom is -0.399 e. The highest BCUT2D eigenvalue weighted by atomic mass is 32.1. The molecule has 1 saturated heterocycles. The number of rotatable bonds is 2. The van der Waals surface area contributed by atoms with Gasteiger partial charge >= 0.3 is 16.9 Å². The van der Waals surface area contributed by atoms with Crippen molar-refractivity contribution in [2.24, 2.45) is 14.1 Å². The molecule has 8 nitrogen and oxygen atoms in total. The zero-order chi connectivity index (χ0) is 27.4. The van der Waals surface area contributed by atoms with Crippen molar-refractivity contribution in [2.75, 3.05) is 5.73 Å². The molecule has 2 aromatic carbocycles. The molecule has 0 spiro atoms. The number of aromatic nitrogens is 3. The Morgan fingerprint density at radius 3 is 1.92 bits per heavy atom. The Morgan fingerprint density at radius 2 is 1.34 bits per heavy atom. The van der Waals surface area contributed by atoms with Crippen LogP contribution >= 0.6 is 22.7 Å². The summed E-state index contributed by atoms with van der Waals surface area (Å²) in [5.74, 6) is 0. The quantitative estimate of drug-likeness (QED) is 0.333. The number of hydrogen-bond acceptors (Lipinski definition) is 8. The van der Waals surface area contributed by atoms with Gasteiger partial charge in [0, 0.05) is 32.1 Å². The molecule has 2 N–H and O–H groups in total. The van der Waals surface area contributed by atoms with Crippen LogP contribution in [-0.4, -0.2) is 32.4 Å². The van der Waals surface area contributed by atoms with Gasteiger partial charge in [-0.05, 0) is 69.1 Å². The van der Waals surface area contributed by atoms with E-state index in [9.17, 15) is 9.59 Å². The van der Waals surface area contributed by atoms with Crippen molar-refractivity contribution in [1.29, 1.82) is 0 Å². The molecule has 38 heavy (non-hydrogen) atoms. The van der Waals surface area contributed by atoms with Gasteiger partial charge < -0.3 is 24.2 Å². The minimum absolute atomic E-state index is 0.0473. The highest BCUT2D eigenvalue weighted by molar-refractivity contribution is 7.16. The molecule has 3 aromatic heterocycles. The number of anilines is 1. The lowest BCUT2D eigenvalue weighted by molar-refractivity contribution is 0.00578. The van der Waals surface area contributed by atoms with E-state index in [-0.39, 0.29) is 28.1 Å². The fourth-order valence-electron chi connectivity index (χ4n) is 4.21. The highest BCUT2D eigenvalue weighted by Crippen LogP contribution is 2.36. The average Bonchev–Trinajstić information content (AvgIpc) is 3.40. The van der Waals surface area contributed by atoms with Gasteiger partial charge in [0.1, 0.15) is 0 Å². The van der Waals surface area contributed by atoms with Crippen LogP contribution in [0.25, 0.3) is 31.6 Å². The standard InChI is InChI=1S/C14H18BNO3S.C13H11N3OS/c1-13(2)14(3,4)19-15(18-13)9-6-7-10-11(8-9)20-12(17)16(10)5;1-16-11-3-2-8(5-12(11)18-13(16)17)9-4-10(14)7-15-6-9/h6-8H,1-5H3;2-7H,14H2,1H3. The van der Waals surface area contributed by atoms with Crippen molar-refractivity contribution in [1.82, 2.24) is 14.1 Å². The van der Waals surface area contributed by atoms with E-state index < -0.39 is 0 Å². The number of fused-ring (bicyclic) bond motifs is 2. The Kier molecular flexibility index (Phi) is 6.59. The van der Waals surface area contributed by atoms with Gasteiger partial charge in [0.05, 0.1) is 37.3 Å². The molecular weight excluding hydrogens is 519 g/mol. The Labute approximate surface area is 228 Å². The van der Waals surface area contributed by atoms with Crippen LogP contribution in [0, 0.1) is 0 Å². The summed E-state index contributed by atoms with van der Waals surface area (Å²) >= 11 is 2.50. The van der Waals surface area contributed by atoms with Gasteiger partial charge in [-0.2, -0.15) is 0 Å². The molecule has 0 amide bonds. The van der Waals surface area contributed by atoms with Crippen LogP contribution in [0.4, 0.5) is 5.69 Å². The maximum atomic E-state index is 11.7. The Balaban J connectivity index is 0.000000156. The first-order valence-corrected chi connectivity index (χ1v) is 13.8. The molecule has 5 aromatic rings. The molecule has 1 aliphatic rings. The third kappa shape index (κ3) is 4.71. The SMILES string of the molecule is Cn1c(=O)sc2cc(-c3cncc(N)c3)ccc21.Cn1c(=O)sc2cc(B3OC(C)(C)C(C)(C)O3)ccc21. The second kappa shape index (κ2) is 9.50. The summed E-state index contributed by atoms with van der Waals surface area (Å²) in [4.78, 5) is 27.5. The third-order valence-electron chi connectivity index (χ3n) is 7.23. The summed E-state index contributed by atoms with van der Waals surface area (Å²) in [6.45, 7) is 8.14. The number of nitrogen functional groups attached to an aromatic ring is 1. The maximum absolute atomic E-state index is 11.7. The lowest BCUT2D eigenvalue weighted by Gasteiger charge is -2.32. The second-order valence-corrected chi connectivity index (χ2v) is 12.3. The molecule has 11 heteroatoms. The first kappa shape index (κ1) is 26.4. The van der Waals surface area contributed by atoms with Gasteiger partial charge in [0.2, 0.25) is 0 Å². The number of thiazole rings is 2. The summed E-state index contributed by atoms with van der Waals surface area (Å²) in [5.41, 5.74) is 10.5. The number of nitrogens with zero attached hydrogens (tertiary/aromatic N) is 3. The first-order valence-electron chi connectivity index (χ1n) is 12.1. The number of hydrogen-bond donors (Lipinski definition) is 1. The van der Waals surface area contributed by atoms with Crippen LogP contribution in [0.15, 0.2) is 64.4 Å². The lowest BCUT2D eigenvalue weighted by atomic mass is 9.79. The van der Waals surface area contributed by atoms with E-state index in [1.807, 2.05) is 70.2 Å². The fraction of sp³-hybridized carbons (Fsp3) is 0.296. The van der Waals surface area contributed by atoms with Crippen LogP contribution in [0.3, 0.4) is 0 Å². The van der Waals surface area contributed by atoms with Crippen LogP contribution < -0.4 is 20.9 Å². The largest absolute Gasteiger partial charge is 0.494 e. The molecule has 0 unspecified atom stereocenters. The molecule has 196 valence electrons. The van der Waals surface area contributed by atoms with Crippen molar-refractivity contribution in [3.63, 3.8) is 0 Å². The number of pyridine rings is 1. The molecular formula is C27H29BN4O4S2. The topological polar surface area (TPSA) is 101 Å². The molecule has 0 saturated carbocycles. The predicted molar refractivity (Wildman–Crippen MR) is 157 cm³/mol. The molecule has 1 aliphatic heterocycles. The monoisotopic (exact) mass is 548 g/mol. The van der Waals surface area contributed by atoms with E-state index in [0.29, 0.717) is 5.69 Å². The number of aryl methyl sites for hydroxylation is 2. The smallest absolute Gasteiger partial charge is 0.399 e. The molecule has 0 radical (unpaired) electrons. The summed E-state index contributed by atoms with van der Waals surface area (Å²) in [5, 5.41) is 0. The molecule has 6 rings (SSSR count). The van der Waals surface area contributed by atoms with Crippen molar-refractivity contribution < 1.29 is 9.31 Å². The van der Waals surface area contributed by atoms with Gasteiger partial charge in [-0.1, -0.05) is 34.8 Å². The van der Waals surface area contributed by atoms with E-state index in [1.54, 1.807) is 35.6 Å². The summed E-state index contributed by atoms with van der Waals surface area (Å²) in [7, 11) is 3.19. The van der Waals surface area contributed by atoms with E-state index in [4.69, 9.17) is 15.0 Å². The summed E-state index contributed by atoms with van der Waals surface area (Å²) in [6.07, 6.45) is 3.38. The van der Waals surface area contributed by atoms with Gasteiger partial charge in [0.25, 0.3) is 0 Å². The number of nitrogens with two attached hydrogens (primary N) is 1. The van der Waals surface area contributed by atoms with Crippen LogP contribution in [-0.2, 0) is 23.4 Å². The minimum atomic E-state index is -0.382. The fourth-order valence-corrected chi connectivity index (χ4v) is 6.05. The van der Waals surface area contributed by atoms with Crippen molar-refractivity contribution in [3.8, 4) is 11.1 Å². The van der Waals surface area contributed by atoms with Crippen molar-refractivity contribution >= 4 is 61.4 Å². The second-order valence-electron chi connectivity index (χ2n) is 10.4. The first-order chi connectivity index (χ1) is 17.9. The van der Waals surface area contributed by atoms with Crippen LogP contribution in [0.2, 0.25) is 0 Å². The molecule has 4 heterocycles. The molecule has 0 bridgehead atoms. The van der Waals surface area contributed by atoms with Crippen molar-refractivity contribution in [3.05, 3.63) is 74.2 Å². The Morgan fingerprint density at radius 1 is 0.789 bits per heavy atom. The summed E-state index contributed by atoms with van der Waals surface area (Å²) < 4.78 is 17.3. The predicted octanol–water partition coefficient (Wildman–Crippen LogP) is 4.14. The zero-order valence-corrected chi connectivity index (χ0v) is 23.8. The molecule has 0 atom stereocenters. The van der Waals surface area contributed by atoms with Gasteiger partial charge in [-0.15, -0.1) is 0 Å². The lowest BCUT2D eigenvalue weighted by Crippen LogP contribution is -2.41. The number of benzene rings is 2. The van der Waals surface area contributed by atoms with Crippen molar-refractivity contribution in [2.45, 2.75) is 38.9 Å². The zero-order valence-electron chi connectivity index (χ0n) is 22.1. The normalized spacial score (nSPS) is 16.1. The summed E-state index contributed by atoms with van der Waals surface area (Å²) in [6, 6.07) is 13.7. The van der Waals surface area contributed by atoms with Gasteiger partial charge in [-0.3, -0.25) is 14.6 Å². The Hall–Kier alpha value is -3.25. The van der Waals surface area contributed by atoms with Gasteiger partial charge in [-0.25, -0.2) is 0 Å². The third-order valence-corrected chi connectivity index (χ3v) is 9.22. The van der Waals surface area contributed by atoms with E-state index in [0.717, 1.165) is 37.0 Å². The van der Waals surface area contributed by atoms with Gasteiger partial charge in [0.15, 0.2) is 0 Å². The highest BCUT2D eigenvalue weighted by Gasteiger charge is 2.51.